The average Bonchev–Trinajstić information content (AvgIpc) is 2.71. The summed E-state index contributed by atoms with van der Waals surface area (Å²) in [6.07, 6.45) is 2.30. The Morgan fingerprint density at radius 1 is 1.07 bits per heavy atom. The SMILES string of the molecule is CCCCNC(=O)C(CC)N(Cc1ccc(C)cc1)C(=O)Cc1ccccc1F. The molecule has 0 aliphatic carbocycles. The Bertz CT molecular complexity index is 805. The normalized spacial score (nSPS) is 11.7. The molecule has 0 spiro atoms. The summed E-state index contributed by atoms with van der Waals surface area (Å²) < 4.78 is 14.1. The van der Waals surface area contributed by atoms with Gasteiger partial charge in [0.25, 0.3) is 0 Å². The number of nitrogens with one attached hydrogen (secondary N) is 1. The minimum Gasteiger partial charge on any atom is -0.354 e. The van der Waals surface area contributed by atoms with E-state index in [1.807, 2.05) is 38.1 Å². The maximum Gasteiger partial charge on any atom is 0.242 e. The van der Waals surface area contributed by atoms with Crippen molar-refractivity contribution in [2.24, 2.45) is 0 Å². The maximum atomic E-state index is 14.1. The quantitative estimate of drug-likeness (QED) is 0.603. The summed E-state index contributed by atoms with van der Waals surface area (Å²) in [4.78, 5) is 27.5. The number of amides is 2. The molecule has 0 aliphatic heterocycles. The molecule has 2 amide bonds. The zero-order valence-corrected chi connectivity index (χ0v) is 17.6. The van der Waals surface area contributed by atoms with E-state index in [4.69, 9.17) is 0 Å². The van der Waals surface area contributed by atoms with Gasteiger partial charge in [0.15, 0.2) is 0 Å². The molecule has 0 aromatic heterocycles. The van der Waals surface area contributed by atoms with Crippen LogP contribution in [0.2, 0.25) is 0 Å². The minimum atomic E-state index is -0.590. The first-order valence-corrected chi connectivity index (χ1v) is 10.3. The molecule has 2 rings (SSSR count). The zero-order chi connectivity index (χ0) is 21.2. The second kappa shape index (κ2) is 11.3. The molecule has 29 heavy (non-hydrogen) atoms. The van der Waals surface area contributed by atoms with E-state index >= 15 is 0 Å². The van der Waals surface area contributed by atoms with Crippen LogP contribution in [0.4, 0.5) is 4.39 Å². The van der Waals surface area contributed by atoms with Crippen LogP contribution in [-0.4, -0.2) is 29.3 Å². The van der Waals surface area contributed by atoms with Crippen molar-refractivity contribution in [1.29, 1.82) is 0 Å². The second-order valence-electron chi connectivity index (χ2n) is 7.34. The molecular weight excluding hydrogens is 367 g/mol. The van der Waals surface area contributed by atoms with Gasteiger partial charge in [0, 0.05) is 13.1 Å². The lowest BCUT2D eigenvalue weighted by molar-refractivity contribution is -0.141. The summed E-state index contributed by atoms with van der Waals surface area (Å²) in [5.74, 6) is -0.820. The van der Waals surface area contributed by atoms with Gasteiger partial charge in [0.05, 0.1) is 6.42 Å². The molecule has 0 saturated carbocycles. The molecule has 0 aliphatic rings. The Morgan fingerprint density at radius 2 is 1.76 bits per heavy atom. The smallest absolute Gasteiger partial charge is 0.242 e. The van der Waals surface area contributed by atoms with E-state index in [2.05, 4.69) is 12.2 Å². The number of benzene rings is 2. The number of carbonyl (C=O) groups excluding carboxylic acids is 2. The molecule has 2 aromatic rings. The van der Waals surface area contributed by atoms with Crippen LogP contribution in [0, 0.1) is 12.7 Å². The standard InChI is InChI=1S/C24H31FN2O2/c1-4-6-15-26-24(29)22(5-2)27(17-19-13-11-18(3)12-14-19)23(28)16-20-9-7-8-10-21(20)25/h7-14,22H,4-6,15-17H2,1-3H3,(H,26,29). The van der Waals surface area contributed by atoms with Crippen molar-refractivity contribution in [3.05, 3.63) is 71.0 Å². The molecule has 1 unspecified atom stereocenters. The predicted molar refractivity (Wildman–Crippen MR) is 114 cm³/mol. The number of nitrogens with zero attached hydrogens (tertiary/aromatic N) is 1. The fourth-order valence-electron chi connectivity index (χ4n) is 3.22. The van der Waals surface area contributed by atoms with Crippen molar-refractivity contribution in [3.63, 3.8) is 0 Å². The lowest BCUT2D eigenvalue weighted by atomic mass is 10.1. The van der Waals surface area contributed by atoms with Gasteiger partial charge in [-0.25, -0.2) is 4.39 Å². The predicted octanol–water partition coefficient (Wildman–Crippen LogP) is 4.40. The fraction of sp³-hybridized carbons (Fsp3) is 0.417. The molecule has 0 bridgehead atoms. The first kappa shape index (κ1) is 22.6. The first-order chi connectivity index (χ1) is 14.0. The number of hydrogen-bond acceptors (Lipinski definition) is 2. The largest absolute Gasteiger partial charge is 0.354 e. The van der Waals surface area contributed by atoms with Crippen molar-refractivity contribution in [1.82, 2.24) is 10.2 Å². The van der Waals surface area contributed by atoms with Crippen molar-refractivity contribution in [2.75, 3.05) is 6.54 Å². The van der Waals surface area contributed by atoms with Crippen LogP contribution in [-0.2, 0) is 22.6 Å². The Hall–Kier alpha value is -2.69. The van der Waals surface area contributed by atoms with E-state index in [1.165, 1.54) is 6.07 Å². The highest BCUT2D eigenvalue weighted by atomic mass is 19.1. The summed E-state index contributed by atoms with van der Waals surface area (Å²) in [6.45, 7) is 6.85. The Labute approximate surface area is 173 Å². The first-order valence-electron chi connectivity index (χ1n) is 10.3. The van der Waals surface area contributed by atoms with E-state index < -0.39 is 11.9 Å². The molecule has 4 nitrogen and oxygen atoms in total. The summed E-state index contributed by atoms with van der Waals surface area (Å²) >= 11 is 0. The number of carbonyl (C=O) groups is 2. The lowest BCUT2D eigenvalue weighted by Crippen LogP contribution is -2.49. The zero-order valence-electron chi connectivity index (χ0n) is 17.6. The van der Waals surface area contributed by atoms with Crippen molar-refractivity contribution >= 4 is 11.8 Å². The van der Waals surface area contributed by atoms with Crippen molar-refractivity contribution < 1.29 is 14.0 Å². The van der Waals surface area contributed by atoms with Crippen molar-refractivity contribution in [3.8, 4) is 0 Å². The van der Waals surface area contributed by atoms with Crippen LogP contribution in [0.3, 0.4) is 0 Å². The topological polar surface area (TPSA) is 49.4 Å². The Kier molecular flexibility index (Phi) is 8.84. The molecular formula is C24H31FN2O2. The Balaban J connectivity index is 2.25. The molecule has 0 radical (unpaired) electrons. The van der Waals surface area contributed by atoms with Crippen LogP contribution in [0.5, 0.6) is 0 Å². The molecule has 0 heterocycles. The van der Waals surface area contributed by atoms with E-state index in [0.29, 0.717) is 25.1 Å². The summed E-state index contributed by atoms with van der Waals surface area (Å²) in [5, 5.41) is 2.93. The maximum absolute atomic E-state index is 14.1. The van der Waals surface area contributed by atoms with Crippen molar-refractivity contribution in [2.45, 2.75) is 59.0 Å². The second-order valence-corrected chi connectivity index (χ2v) is 7.34. The van der Waals surface area contributed by atoms with Gasteiger partial charge in [0.2, 0.25) is 11.8 Å². The highest BCUT2D eigenvalue weighted by molar-refractivity contribution is 5.88. The number of aryl methyl sites for hydroxylation is 1. The average molecular weight is 399 g/mol. The van der Waals surface area contributed by atoms with Gasteiger partial charge in [-0.15, -0.1) is 0 Å². The molecule has 0 saturated heterocycles. The summed E-state index contributed by atoms with van der Waals surface area (Å²) in [5.41, 5.74) is 2.41. The Morgan fingerprint density at radius 3 is 2.38 bits per heavy atom. The molecule has 1 N–H and O–H groups in total. The van der Waals surface area contributed by atoms with Crippen LogP contribution in [0.1, 0.15) is 49.8 Å². The third-order valence-corrected chi connectivity index (χ3v) is 4.99. The number of unbranched alkanes of at least 4 members (excludes halogenated alkanes) is 1. The van der Waals surface area contributed by atoms with E-state index in [0.717, 1.165) is 24.0 Å². The van der Waals surface area contributed by atoms with E-state index in [-0.39, 0.29) is 18.2 Å². The van der Waals surface area contributed by atoms with Gasteiger partial charge < -0.3 is 10.2 Å². The highest BCUT2D eigenvalue weighted by Crippen LogP contribution is 2.16. The van der Waals surface area contributed by atoms with Gasteiger partial charge in [0.1, 0.15) is 11.9 Å². The molecule has 1 atom stereocenters. The third kappa shape index (κ3) is 6.70. The number of hydrogen-bond donors (Lipinski definition) is 1. The molecule has 156 valence electrons. The minimum absolute atomic E-state index is 0.0721. The van der Waals surface area contributed by atoms with Gasteiger partial charge >= 0.3 is 0 Å². The molecule has 2 aromatic carbocycles. The number of rotatable bonds is 10. The monoisotopic (exact) mass is 398 g/mol. The van der Waals surface area contributed by atoms with Gasteiger partial charge in [-0.3, -0.25) is 9.59 Å². The van der Waals surface area contributed by atoms with Gasteiger partial charge in [-0.2, -0.15) is 0 Å². The summed E-state index contributed by atoms with van der Waals surface area (Å²) in [6, 6.07) is 13.6. The fourth-order valence-corrected chi connectivity index (χ4v) is 3.22. The summed E-state index contributed by atoms with van der Waals surface area (Å²) in [7, 11) is 0. The van der Waals surface area contributed by atoms with Gasteiger partial charge in [-0.1, -0.05) is 68.3 Å². The molecule has 0 fully saturated rings. The van der Waals surface area contributed by atoms with E-state index in [9.17, 15) is 14.0 Å². The lowest BCUT2D eigenvalue weighted by Gasteiger charge is -2.31. The molecule has 5 heteroatoms. The van der Waals surface area contributed by atoms with E-state index in [1.54, 1.807) is 23.1 Å². The van der Waals surface area contributed by atoms with Gasteiger partial charge in [-0.05, 0) is 37.0 Å². The third-order valence-electron chi connectivity index (χ3n) is 4.99. The highest BCUT2D eigenvalue weighted by Gasteiger charge is 2.28. The number of halogens is 1. The van der Waals surface area contributed by atoms with Crippen LogP contribution < -0.4 is 5.32 Å². The van der Waals surface area contributed by atoms with Crippen LogP contribution in [0.15, 0.2) is 48.5 Å². The van der Waals surface area contributed by atoms with Crippen LogP contribution in [0.25, 0.3) is 0 Å². The van der Waals surface area contributed by atoms with Crippen LogP contribution >= 0.6 is 0 Å².